The third-order valence-corrected chi connectivity index (χ3v) is 9.78. The Labute approximate surface area is 289 Å². The van der Waals surface area contributed by atoms with Crippen LogP contribution in [0.2, 0.25) is 0 Å². The van der Waals surface area contributed by atoms with E-state index in [0.717, 1.165) is 50.5 Å². The van der Waals surface area contributed by atoms with Crippen molar-refractivity contribution in [2.75, 3.05) is 36.7 Å². The Balaban J connectivity index is 1.42. The molecule has 0 unspecified atom stereocenters. The van der Waals surface area contributed by atoms with Gasteiger partial charge in [-0.3, -0.25) is 9.52 Å². The molecule has 11 heteroatoms. The summed E-state index contributed by atoms with van der Waals surface area (Å²) in [6.45, 7) is 11.6. The van der Waals surface area contributed by atoms with Crippen molar-refractivity contribution in [3.63, 3.8) is 0 Å². The van der Waals surface area contributed by atoms with Gasteiger partial charge < -0.3 is 14.6 Å². The molecular weight excluding hydrogens is 655 g/mol. The first-order valence-corrected chi connectivity index (χ1v) is 20.6. The van der Waals surface area contributed by atoms with Crippen molar-refractivity contribution < 1.29 is 22.5 Å². The van der Waals surface area contributed by atoms with Crippen LogP contribution in [0.5, 0.6) is 5.75 Å². The molecule has 0 aliphatic carbocycles. The minimum Gasteiger partial charge on any atom is -0.492 e. The summed E-state index contributed by atoms with van der Waals surface area (Å²) in [7, 11) is -4.36. The molecule has 0 fully saturated rings. The van der Waals surface area contributed by atoms with Crippen molar-refractivity contribution in [3.05, 3.63) is 113 Å². The fourth-order valence-corrected chi connectivity index (χ4v) is 7.33. The van der Waals surface area contributed by atoms with Gasteiger partial charge in [0.1, 0.15) is 5.82 Å². The van der Waals surface area contributed by atoms with Gasteiger partial charge in [0.15, 0.2) is 5.75 Å². The number of aromatic nitrogens is 2. The van der Waals surface area contributed by atoms with Gasteiger partial charge in [0, 0.05) is 29.7 Å². The minimum atomic E-state index is -3.61. The number of carbonyl (C=O) groups excluding carboxylic acids is 1. The average molecular weight is 699 g/mol. The highest BCUT2D eigenvalue weighted by Gasteiger charge is 2.23. The van der Waals surface area contributed by atoms with Crippen molar-refractivity contribution >= 4 is 45.4 Å². The van der Waals surface area contributed by atoms with Gasteiger partial charge in [-0.2, -0.15) is 0 Å². The number of aryl methyl sites for hydroxylation is 1. The zero-order valence-corrected chi connectivity index (χ0v) is 30.9. The Hall–Kier alpha value is -4.53. The molecule has 256 valence electrons. The van der Waals surface area contributed by atoms with Crippen LogP contribution in [-0.4, -0.2) is 51.0 Å². The Bertz CT molecular complexity index is 2220. The molecule has 5 aromatic rings. The Morgan fingerprint density at radius 1 is 0.939 bits per heavy atom. The number of nitrogens with one attached hydrogen (secondary N) is 2. The van der Waals surface area contributed by atoms with Gasteiger partial charge in [-0.05, 0) is 95.4 Å². The topological polar surface area (TPSA) is 127 Å². The van der Waals surface area contributed by atoms with Crippen molar-refractivity contribution in [1.29, 1.82) is 0 Å². The van der Waals surface area contributed by atoms with Crippen molar-refractivity contribution in [2.45, 2.75) is 45.7 Å². The molecular formula is C38H43N4O5PS. The minimum absolute atomic E-state index is 0.216. The summed E-state index contributed by atoms with van der Waals surface area (Å²) in [5, 5.41) is 3.82. The molecule has 1 aromatic heterocycles. The SMILES string of the molecule is COc1c(NC(=O)c2ccc(C)c(-c3ccc4nc(Cc5cccc(CP(C)(C)=O)c5)ncc4c3)c2)cc(C(C)(C)C)cc1NS(C)(=O)=O. The predicted molar refractivity (Wildman–Crippen MR) is 200 cm³/mol. The normalized spacial score (nSPS) is 12.2. The van der Waals surface area contributed by atoms with Crippen LogP contribution in [0.3, 0.4) is 0 Å². The van der Waals surface area contributed by atoms with Crippen LogP contribution in [-0.2, 0) is 32.6 Å². The number of benzene rings is 4. The molecule has 1 amide bonds. The molecule has 0 saturated heterocycles. The summed E-state index contributed by atoms with van der Waals surface area (Å²) in [4.78, 5) is 23.1. The van der Waals surface area contributed by atoms with E-state index in [1.807, 2.05) is 88.5 Å². The predicted octanol–water partition coefficient (Wildman–Crippen LogP) is 8.25. The van der Waals surface area contributed by atoms with Gasteiger partial charge in [0.25, 0.3) is 5.91 Å². The van der Waals surface area contributed by atoms with Gasteiger partial charge in [-0.25, -0.2) is 18.4 Å². The summed E-state index contributed by atoms with van der Waals surface area (Å²) in [5.74, 6) is 0.548. The van der Waals surface area contributed by atoms with Crippen LogP contribution in [0.1, 0.15) is 59.2 Å². The first kappa shape index (κ1) is 35.8. The number of fused-ring (bicyclic) bond motifs is 1. The standard InChI is InChI=1S/C38H43N4O5PS/c1-24-12-13-28(37(43)41-33-20-30(38(2,3)4)21-34(36(33)47-5)42-49(8,45)46)19-31(24)27-14-15-32-29(18-27)22-39-35(40-32)17-25-10-9-11-26(16-25)23-48(6,7)44/h9-16,18-22,42H,17,23H2,1-8H3,(H,41,43). The monoisotopic (exact) mass is 698 g/mol. The van der Waals surface area contributed by atoms with Crippen molar-refractivity contribution in [2.24, 2.45) is 0 Å². The van der Waals surface area contributed by atoms with Crippen LogP contribution in [0.15, 0.2) is 79.0 Å². The largest absolute Gasteiger partial charge is 0.492 e. The van der Waals surface area contributed by atoms with Gasteiger partial charge in [0.2, 0.25) is 10.0 Å². The van der Waals surface area contributed by atoms with Gasteiger partial charge in [0.05, 0.1) is 37.4 Å². The fourth-order valence-electron chi connectivity index (χ4n) is 5.70. The molecule has 5 rings (SSSR count). The summed E-state index contributed by atoms with van der Waals surface area (Å²) in [6.07, 6.45) is 4.02. The lowest BCUT2D eigenvalue weighted by molar-refractivity contribution is 0.102. The lowest BCUT2D eigenvalue weighted by atomic mass is 9.86. The molecule has 0 aliphatic heterocycles. The summed E-state index contributed by atoms with van der Waals surface area (Å²) in [6, 6.07) is 23.1. The third-order valence-electron chi connectivity index (χ3n) is 8.06. The zero-order valence-electron chi connectivity index (χ0n) is 29.2. The Morgan fingerprint density at radius 2 is 1.65 bits per heavy atom. The van der Waals surface area contributed by atoms with Crippen LogP contribution < -0.4 is 14.8 Å². The van der Waals surface area contributed by atoms with Crippen molar-refractivity contribution in [3.8, 4) is 16.9 Å². The molecule has 0 saturated carbocycles. The Morgan fingerprint density at radius 3 is 2.33 bits per heavy atom. The van der Waals surface area contributed by atoms with Crippen LogP contribution in [0.25, 0.3) is 22.0 Å². The smallest absolute Gasteiger partial charge is 0.255 e. The molecule has 0 bridgehead atoms. The van der Waals surface area contributed by atoms with E-state index in [1.165, 1.54) is 7.11 Å². The number of rotatable bonds is 10. The molecule has 0 atom stereocenters. The molecule has 1 heterocycles. The second kappa shape index (κ2) is 13.8. The first-order chi connectivity index (χ1) is 22.9. The van der Waals surface area contributed by atoms with Crippen LogP contribution in [0, 0.1) is 6.92 Å². The summed E-state index contributed by atoms with van der Waals surface area (Å²) in [5.41, 5.74) is 7.24. The van der Waals surface area contributed by atoms with E-state index in [2.05, 4.69) is 21.1 Å². The highest BCUT2D eigenvalue weighted by atomic mass is 32.2. The van der Waals surface area contributed by atoms with Crippen molar-refractivity contribution in [1.82, 2.24) is 9.97 Å². The highest BCUT2D eigenvalue weighted by molar-refractivity contribution is 7.92. The summed E-state index contributed by atoms with van der Waals surface area (Å²) < 4.78 is 44.7. The maximum absolute atomic E-state index is 13.7. The lowest BCUT2D eigenvalue weighted by Gasteiger charge is -2.24. The van der Waals surface area contributed by atoms with Gasteiger partial charge in [-0.1, -0.05) is 57.2 Å². The summed E-state index contributed by atoms with van der Waals surface area (Å²) >= 11 is 0. The van der Waals surface area contributed by atoms with Gasteiger partial charge in [-0.15, -0.1) is 0 Å². The van der Waals surface area contributed by atoms with E-state index in [-0.39, 0.29) is 22.8 Å². The lowest BCUT2D eigenvalue weighted by Crippen LogP contribution is -2.18. The quantitative estimate of drug-likeness (QED) is 0.141. The number of hydrogen-bond donors (Lipinski definition) is 2. The van der Waals surface area contributed by atoms with E-state index < -0.39 is 17.2 Å². The molecule has 0 spiro atoms. The van der Waals surface area contributed by atoms with E-state index in [1.54, 1.807) is 25.5 Å². The van der Waals surface area contributed by atoms with E-state index in [4.69, 9.17) is 9.72 Å². The maximum Gasteiger partial charge on any atom is 0.255 e. The number of hydrogen-bond acceptors (Lipinski definition) is 7. The molecule has 0 radical (unpaired) electrons. The molecule has 0 aliphatic rings. The number of sulfonamides is 1. The van der Waals surface area contributed by atoms with Gasteiger partial charge >= 0.3 is 0 Å². The van der Waals surface area contributed by atoms with E-state index in [9.17, 15) is 17.8 Å². The molecule has 2 N–H and O–H groups in total. The average Bonchev–Trinajstić information content (AvgIpc) is 2.99. The third kappa shape index (κ3) is 9.13. The number of amides is 1. The molecule has 4 aromatic carbocycles. The zero-order chi connectivity index (χ0) is 35.7. The number of carbonyl (C=O) groups is 1. The first-order valence-electron chi connectivity index (χ1n) is 15.9. The number of methoxy groups -OCH3 is 1. The molecule has 9 nitrogen and oxygen atoms in total. The molecule has 49 heavy (non-hydrogen) atoms. The van der Waals surface area contributed by atoms with Crippen LogP contribution in [0.4, 0.5) is 11.4 Å². The second-order valence-electron chi connectivity index (χ2n) is 14.0. The maximum atomic E-state index is 13.7. The number of ether oxygens (including phenoxy) is 1. The van der Waals surface area contributed by atoms with E-state index >= 15 is 0 Å². The van der Waals surface area contributed by atoms with E-state index in [0.29, 0.717) is 29.7 Å². The van der Waals surface area contributed by atoms with Crippen LogP contribution >= 0.6 is 7.14 Å². The Kier molecular flexibility index (Phi) is 10.0. The number of anilines is 2. The second-order valence-corrected chi connectivity index (χ2v) is 19.2. The number of nitrogens with zero attached hydrogens (tertiary/aromatic N) is 2. The fraction of sp³-hybridized carbons (Fsp3) is 0.289. The highest BCUT2D eigenvalue weighted by Crippen LogP contribution is 2.41.